The van der Waals surface area contributed by atoms with Crippen LogP contribution in [0, 0.1) is 0 Å². The van der Waals surface area contributed by atoms with Gasteiger partial charge in [-0.2, -0.15) is 0 Å². The first-order valence-electron chi connectivity index (χ1n) is 11.2. The zero-order chi connectivity index (χ0) is 24.5. The molecule has 1 saturated heterocycles. The van der Waals surface area contributed by atoms with Crippen LogP contribution in [-0.4, -0.2) is 40.1 Å². The van der Waals surface area contributed by atoms with Gasteiger partial charge in [-0.1, -0.05) is 42.5 Å². The van der Waals surface area contributed by atoms with E-state index in [0.29, 0.717) is 39.6 Å². The predicted molar refractivity (Wildman–Crippen MR) is 128 cm³/mol. The van der Waals surface area contributed by atoms with Crippen molar-refractivity contribution in [3.8, 4) is 11.5 Å². The van der Waals surface area contributed by atoms with Gasteiger partial charge in [0.05, 0.1) is 31.2 Å². The van der Waals surface area contributed by atoms with Gasteiger partial charge >= 0.3 is 0 Å². The van der Waals surface area contributed by atoms with Gasteiger partial charge in [0, 0.05) is 25.2 Å². The molecule has 0 bridgehead atoms. The van der Waals surface area contributed by atoms with E-state index in [0.717, 1.165) is 0 Å². The molecule has 3 aromatic rings. The van der Waals surface area contributed by atoms with Crippen LogP contribution < -0.4 is 19.3 Å². The Morgan fingerprint density at radius 2 is 1.23 bits per heavy atom. The van der Waals surface area contributed by atoms with E-state index in [-0.39, 0.29) is 11.8 Å². The summed E-state index contributed by atoms with van der Waals surface area (Å²) in [5.41, 5.74) is -0.477. The molecule has 8 heteroatoms. The van der Waals surface area contributed by atoms with Gasteiger partial charge in [-0.25, -0.2) is 0 Å². The van der Waals surface area contributed by atoms with Gasteiger partial charge in [0.2, 0.25) is 11.2 Å². The molecular weight excluding hydrogens is 448 g/mol. The molecule has 3 aliphatic rings. The Balaban J connectivity index is 1.67. The first-order chi connectivity index (χ1) is 16.9. The number of rotatable bonds is 3. The summed E-state index contributed by atoms with van der Waals surface area (Å²) in [6.07, 6.45) is -1.09. The van der Waals surface area contributed by atoms with Gasteiger partial charge < -0.3 is 28.7 Å². The Morgan fingerprint density at radius 3 is 1.71 bits per heavy atom. The van der Waals surface area contributed by atoms with Gasteiger partial charge in [-0.05, 0) is 24.3 Å². The number of methoxy groups -OCH3 is 2. The monoisotopic (exact) mass is 472 g/mol. The van der Waals surface area contributed by atoms with E-state index in [1.54, 1.807) is 39.4 Å². The van der Waals surface area contributed by atoms with Gasteiger partial charge in [0.25, 0.3) is 11.8 Å². The maximum Gasteiger partial charge on any atom is 0.267 e. The second-order valence-corrected chi connectivity index (χ2v) is 8.78. The van der Waals surface area contributed by atoms with E-state index in [4.69, 9.17) is 18.9 Å². The van der Waals surface area contributed by atoms with Crippen LogP contribution in [0.4, 0.5) is 11.4 Å². The number of likely N-dealkylation sites (N-methyl/N-ethyl adjacent to an activating group) is 2. The molecule has 3 aromatic carbocycles. The largest absolute Gasteiger partial charge is 0.493 e. The molecule has 0 radical (unpaired) electrons. The minimum atomic E-state index is -1.74. The lowest BCUT2D eigenvalue weighted by Gasteiger charge is -2.34. The normalized spacial score (nSPS) is 25.0. The van der Waals surface area contributed by atoms with Crippen LogP contribution >= 0.6 is 0 Å². The minimum absolute atomic E-state index is 0.374. The molecule has 0 unspecified atom stereocenters. The van der Waals surface area contributed by atoms with Crippen LogP contribution in [0.2, 0.25) is 0 Å². The summed E-state index contributed by atoms with van der Waals surface area (Å²) in [6, 6.07) is 20.0. The number of amides is 2. The van der Waals surface area contributed by atoms with E-state index in [1.807, 2.05) is 48.5 Å². The second kappa shape index (κ2) is 7.31. The van der Waals surface area contributed by atoms with Gasteiger partial charge in [-0.3, -0.25) is 9.59 Å². The zero-order valence-electron chi connectivity index (χ0n) is 19.8. The number of hydrogen-bond acceptors (Lipinski definition) is 6. The minimum Gasteiger partial charge on any atom is -0.493 e. The molecule has 0 aromatic heterocycles. The first kappa shape index (κ1) is 21.6. The highest BCUT2D eigenvalue weighted by molar-refractivity contribution is 6.17. The number of fused-ring (bicyclic) bond motifs is 5. The number of para-hydroxylation sites is 3. The van der Waals surface area contributed by atoms with Gasteiger partial charge in [0.15, 0.2) is 17.8 Å². The Morgan fingerprint density at radius 1 is 0.714 bits per heavy atom. The fourth-order valence-corrected chi connectivity index (χ4v) is 5.69. The molecule has 2 atom stereocenters. The quantitative estimate of drug-likeness (QED) is 0.581. The van der Waals surface area contributed by atoms with E-state index in [9.17, 15) is 9.59 Å². The van der Waals surface area contributed by atoms with E-state index < -0.39 is 17.5 Å². The zero-order valence-corrected chi connectivity index (χ0v) is 19.8. The van der Waals surface area contributed by atoms with E-state index >= 15 is 0 Å². The molecule has 178 valence electrons. The number of carbonyl (C=O) groups excluding carboxylic acids is 2. The molecule has 8 nitrogen and oxygen atoms in total. The highest BCUT2D eigenvalue weighted by Gasteiger charge is 2.77. The van der Waals surface area contributed by atoms with Crippen LogP contribution in [0.3, 0.4) is 0 Å². The molecule has 2 amide bonds. The van der Waals surface area contributed by atoms with Gasteiger partial charge in [0.1, 0.15) is 0 Å². The average molecular weight is 472 g/mol. The molecule has 6 rings (SSSR count). The second-order valence-electron chi connectivity index (χ2n) is 8.78. The third kappa shape index (κ3) is 2.42. The Labute approximate surface area is 202 Å². The third-order valence-electron chi connectivity index (χ3n) is 7.25. The maximum absolute atomic E-state index is 14.2. The maximum atomic E-state index is 14.2. The first-order valence-corrected chi connectivity index (χ1v) is 11.2. The molecule has 0 saturated carbocycles. The predicted octanol–water partition coefficient (Wildman–Crippen LogP) is 3.49. The molecule has 0 N–H and O–H groups in total. The molecule has 2 spiro atoms. The standard InChI is InChI=1S/C27H24N2O6/c1-28-19-13-7-5-11-17(19)26(24(28)30)27(18-12-6-8-14-20(18)29(2)25(27)31)35-23(34-26)16-10-9-15-21(32-3)22(16)33-4/h5-15,23H,1-4H3/t26-,27-/m1/s1. The fourth-order valence-electron chi connectivity index (χ4n) is 5.69. The number of carbonyl (C=O) groups is 2. The number of ether oxygens (including phenoxy) is 4. The summed E-state index contributed by atoms with van der Waals surface area (Å²) in [5.74, 6) is 0.145. The number of anilines is 2. The Hall–Kier alpha value is -3.88. The molecular formula is C27H24N2O6. The number of nitrogens with zero attached hydrogens (tertiary/aromatic N) is 2. The lowest BCUT2D eigenvalue weighted by Crippen LogP contribution is -2.57. The highest BCUT2D eigenvalue weighted by atomic mass is 16.8. The summed E-state index contributed by atoms with van der Waals surface area (Å²) in [5, 5.41) is 0. The summed E-state index contributed by atoms with van der Waals surface area (Å²) in [7, 11) is 6.43. The smallest absolute Gasteiger partial charge is 0.267 e. The summed E-state index contributed by atoms with van der Waals surface area (Å²) < 4.78 is 24.4. The van der Waals surface area contributed by atoms with E-state index in [2.05, 4.69) is 0 Å². The van der Waals surface area contributed by atoms with Crippen molar-refractivity contribution in [2.24, 2.45) is 0 Å². The lowest BCUT2D eigenvalue weighted by atomic mass is 9.74. The van der Waals surface area contributed by atoms with Crippen molar-refractivity contribution in [3.05, 3.63) is 83.4 Å². The Bertz CT molecular complexity index is 1310. The summed E-state index contributed by atoms with van der Waals surface area (Å²) in [6.45, 7) is 0. The molecule has 1 fully saturated rings. The topological polar surface area (TPSA) is 77.5 Å². The van der Waals surface area contributed by atoms with Crippen molar-refractivity contribution in [2.45, 2.75) is 17.5 Å². The van der Waals surface area contributed by atoms with Crippen molar-refractivity contribution < 1.29 is 28.5 Å². The van der Waals surface area contributed by atoms with Crippen LogP contribution in [-0.2, 0) is 30.3 Å². The fraction of sp³-hybridized carbons (Fsp3) is 0.259. The van der Waals surface area contributed by atoms with Crippen molar-refractivity contribution in [1.82, 2.24) is 0 Å². The summed E-state index contributed by atoms with van der Waals surface area (Å²) in [4.78, 5) is 31.4. The Kier molecular flexibility index (Phi) is 4.52. The van der Waals surface area contributed by atoms with Crippen molar-refractivity contribution in [3.63, 3.8) is 0 Å². The highest BCUT2D eigenvalue weighted by Crippen LogP contribution is 2.65. The van der Waals surface area contributed by atoms with Crippen LogP contribution in [0.15, 0.2) is 66.7 Å². The lowest BCUT2D eigenvalue weighted by molar-refractivity contribution is -0.156. The van der Waals surface area contributed by atoms with Crippen molar-refractivity contribution >= 4 is 23.2 Å². The molecule has 3 aliphatic heterocycles. The molecule has 35 heavy (non-hydrogen) atoms. The molecule has 3 heterocycles. The third-order valence-corrected chi connectivity index (χ3v) is 7.25. The van der Waals surface area contributed by atoms with E-state index in [1.165, 1.54) is 16.9 Å². The summed E-state index contributed by atoms with van der Waals surface area (Å²) >= 11 is 0. The SMILES string of the molecule is COc1cccc(C2O[C@]3(C(=O)N(C)c4ccccc43)[C@]3(O2)C(=O)N(C)c2ccccc23)c1OC. The molecule has 0 aliphatic carbocycles. The average Bonchev–Trinajstić information content (AvgIpc) is 3.45. The van der Waals surface area contributed by atoms with Crippen LogP contribution in [0.1, 0.15) is 23.0 Å². The number of benzene rings is 3. The number of hydrogen-bond donors (Lipinski definition) is 0. The van der Waals surface area contributed by atoms with Crippen LogP contribution in [0.5, 0.6) is 11.5 Å². The van der Waals surface area contributed by atoms with Crippen LogP contribution in [0.25, 0.3) is 0 Å². The van der Waals surface area contributed by atoms with Crippen molar-refractivity contribution in [1.29, 1.82) is 0 Å². The van der Waals surface area contributed by atoms with Gasteiger partial charge in [-0.15, -0.1) is 0 Å². The van der Waals surface area contributed by atoms with Crippen molar-refractivity contribution in [2.75, 3.05) is 38.1 Å².